The second-order valence-electron chi connectivity index (χ2n) is 7.01. The summed E-state index contributed by atoms with van der Waals surface area (Å²) in [6.45, 7) is 6.30. The normalized spacial score (nSPS) is 21.4. The van der Waals surface area contributed by atoms with Gasteiger partial charge in [0.15, 0.2) is 0 Å². The Hall–Kier alpha value is -2.08. The number of carboxylic acids is 1. The van der Waals surface area contributed by atoms with Crippen LogP contribution in [0.15, 0.2) is 18.2 Å². The van der Waals surface area contributed by atoms with Gasteiger partial charge in [-0.3, -0.25) is 4.79 Å². The predicted octanol–water partition coefficient (Wildman–Crippen LogP) is 2.73. The third-order valence-electron chi connectivity index (χ3n) is 4.99. The van der Waals surface area contributed by atoms with E-state index >= 15 is 0 Å². The van der Waals surface area contributed by atoms with Gasteiger partial charge in [0.1, 0.15) is 12.4 Å². The molecule has 6 heteroatoms. The largest absolute Gasteiger partial charge is 0.491 e. The molecule has 1 amide bonds. The van der Waals surface area contributed by atoms with Crippen molar-refractivity contribution in [3.63, 3.8) is 0 Å². The lowest BCUT2D eigenvalue weighted by atomic mass is 9.90. The Morgan fingerprint density at radius 2 is 1.92 bits per heavy atom. The lowest BCUT2D eigenvalue weighted by Gasteiger charge is -2.36. The molecule has 25 heavy (non-hydrogen) atoms. The highest BCUT2D eigenvalue weighted by Gasteiger charge is 2.36. The number of carbonyl (C=O) groups excluding carboxylic acids is 1. The molecule has 6 nitrogen and oxygen atoms in total. The minimum Gasteiger partial charge on any atom is -0.491 e. The molecule has 2 aliphatic rings. The minimum atomic E-state index is -0.980. The molecule has 1 unspecified atom stereocenters. The maximum Gasteiger partial charge on any atom is 0.335 e. The van der Waals surface area contributed by atoms with E-state index in [2.05, 4.69) is 13.8 Å². The van der Waals surface area contributed by atoms with Crippen LogP contribution in [0.4, 0.5) is 0 Å². The number of nitrogens with zero attached hydrogens (tertiary/aromatic N) is 1. The fraction of sp³-hybridized carbons (Fsp3) is 0.579. The van der Waals surface area contributed by atoms with Crippen LogP contribution in [0, 0.1) is 11.8 Å². The summed E-state index contributed by atoms with van der Waals surface area (Å²) in [5, 5.41) is 9.21. The Labute approximate surface area is 147 Å². The third kappa shape index (κ3) is 3.63. The zero-order valence-electron chi connectivity index (χ0n) is 14.7. The van der Waals surface area contributed by atoms with E-state index in [1.165, 1.54) is 0 Å². The summed E-state index contributed by atoms with van der Waals surface area (Å²) < 4.78 is 11.2. The molecule has 2 heterocycles. The number of carboxylic acid groups (broad SMARTS) is 1. The number of rotatable bonds is 3. The van der Waals surface area contributed by atoms with Gasteiger partial charge in [-0.1, -0.05) is 19.9 Å². The van der Waals surface area contributed by atoms with Gasteiger partial charge in [-0.05, 0) is 30.9 Å². The average molecular weight is 347 g/mol. The van der Waals surface area contributed by atoms with Gasteiger partial charge in [-0.25, -0.2) is 4.79 Å². The molecule has 1 atom stereocenters. The highest BCUT2D eigenvalue weighted by molar-refractivity contribution is 5.88. The number of hydrogen-bond donors (Lipinski definition) is 1. The Balaban J connectivity index is 1.94. The van der Waals surface area contributed by atoms with Crippen LogP contribution in [-0.4, -0.2) is 48.2 Å². The van der Waals surface area contributed by atoms with Crippen LogP contribution in [0.3, 0.4) is 0 Å². The quantitative estimate of drug-likeness (QED) is 0.910. The van der Waals surface area contributed by atoms with Crippen molar-refractivity contribution in [2.24, 2.45) is 11.8 Å². The Bertz CT molecular complexity index is 651. The number of amides is 1. The van der Waals surface area contributed by atoms with Gasteiger partial charge in [0.05, 0.1) is 18.2 Å². The first-order chi connectivity index (χ1) is 12.0. The summed E-state index contributed by atoms with van der Waals surface area (Å²) >= 11 is 0. The number of carbonyl (C=O) groups is 2. The molecule has 1 N–H and O–H groups in total. The summed E-state index contributed by atoms with van der Waals surface area (Å²) in [4.78, 5) is 26.3. The molecule has 1 fully saturated rings. The van der Waals surface area contributed by atoms with Crippen LogP contribution >= 0.6 is 0 Å². The van der Waals surface area contributed by atoms with Crippen molar-refractivity contribution in [3.05, 3.63) is 29.3 Å². The topological polar surface area (TPSA) is 76.1 Å². The molecule has 136 valence electrons. The van der Waals surface area contributed by atoms with Crippen LogP contribution < -0.4 is 4.74 Å². The van der Waals surface area contributed by atoms with Gasteiger partial charge in [-0.15, -0.1) is 0 Å². The summed E-state index contributed by atoms with van der Waals surface area (Å²) in [6, 6.07) is 4.83. The highest BCUT2D eigenvalue weighted by Crippen LogP contribution is 2.38. The smallest absolute Gasteiger partial charge is 0.335 e. The summed E-state index contributed by atoms with van der Waals surface area (Å²) in [5.41, 5.74) is 1.09. The molecule has 2 aliphatic heterocycles. The van der Waals surface area contributed by atoms with Gasteiger partial charge in [-0.2, -0.15) is 0 Å². The average Bonchev–Trinajstić information content (AvgIpc) is 2.80. The lowest BCUT2D eigenvalue weighted by molar-refractivity contribution is -0.142. The van der Waals surface area contributed by atoms with Crippen molar-refractivity contribution < 1.29 is 24.2 Å². The van der Waals surface area contributed by atoms with Gasteiger partial charge in [0.25, 0.3) is 0 Å². The Kier molecular flexibility index (Phi) is 5.27. The second-order valence-corrected chi connectivity index (χ2v) is 7.01. The first-order valence-electron chi connectivity index (χ1n) is 8.87. The van der Waals surface area contributed by atoms with Crippen molar-refractivity contribution in [3.8, 4) is 5.75 Å². The molecule has 0 aliphatic carbocycles. The maximum atomic E-state index is 13.1. The third-order valence-corrected chi connectivity index (χ3v) is 4.99. The predicted molar refractivity (Wildman–Crippen MR) is 91.7 cm³/mol. The van der Waals surface area contributed by atoms with Gasteiger partial charge >= 0.3 is 5.97 Å². The van der Waals surface area contributed by atoms with Crippen molar-refractivity contribution in [1.82, 2.24) is 4.90 Å². The molecule has 1 aromatic rings. The molecule has 0 saturated carbocycles. The van der Waals surface area contributed by atoms with Crippen molar-refractivity contribution >= 4 is 11.9 Å². The number of hydrogen-bond acceptors (Lipinski definition) is 4. The van der Waals surface area contributed by atoms with Crippen LogP contribution in [0.25, 0.3) is 0 Å². The van der Waals surface area contributed by atoms with E-state index in [4.69, 9.17) is 9.47 Å². The first kappa shape index (κ1) is 17.7. The molecule has 0 spiro atoms. The van der Waals surface area contributed by atoms with Crippen LogP contribution in [0.1, 0.15) is 48.7 Å². The van der Waals surface area contributed by atoms with Crippen molar-refractivity contribution in [1.29, 1.82) is 0 Å². The number of fused-ring (bicyclic) bond motifs is 1. The molecule has 0 aromatic heterocycles. The minimum absolute atomic E-state index is 0.00478. The first-order valence-corrected chi connectivity index (χ1v) is 8.87. The summed E-state index contributed by atoms with van der Waals surface area (Å²) in [5.74, 6) is -0.0664. The van der Waals surface area contributed by atoms with Gasteiger partial charge in [0.2, 0.25) is 5.91 Å². The molecule has 1 saturated heterocycles. The second kappa shape index (κ2) is 7.44. The van der Waals surface area contributed by atoms with Crippen LogP contribution in [0.5, 0.6) is 5.75 Å². The number of aromatic carboxylic acids is 1. The maximum absolute atomic E-state index is 13.1. The standard InChI is InChI=1S/C19H25NO5/c1-12(2)17-15-4-3-14(19(22)23)11-16(15)25-10-7-20(17)18(21)13-5-8-24-9-6-13/h3-4,11-13,17H,5-10H2,1-2H3,(H,22,23). The van der Waals surface area contributed by atoms with Gasteiger partial charge < -0.3 is 19.5 Å². The van der Waals surface area contributed by atoms with Crippen molar-refractivity contribution in [2.45, 2.75) is 32.7 Å². The molecule has 0 radical (unpaired) electrons. The van der Waals surface area contributed by atoms with E-state index in [1.54, 1.807) is 18.2 Å². The Morgan fingerprint density at radius 3 is 2.56 bits per heavy atom. The van der Waals surface area contributed by atoms with E-state index in [1.807, 2.05) is 4.90 Å². The van der Waals surface area contributed by atoms with Gasteiger partial charge in [0, 0.05) is 24.7 Å². The Morgan fingerprint density at radius 1 is 1.20 bits per heavy atom. The summed E-state index contributed by atoms with van der Waals surface area (Å²) in [7, 11) is 0. The highest BCUT2D eigenvalue weighted by atomic mass is 16.5. The lowest BCUT2D eigenvalue weighted by Crippen LogP contribution is -2.43. The zero-order valence-corrected chi connectivity index (χ0v) is 14.7. The molecule has 0 bridgehead atoms. The van der Waals surface area contributed by atoms with Crippen LogP contribution in [0.2, 0.25) is 0 Å². The SMILES string of the molecule is CC(C)C1c2ccc(C(=O)O)cc2OCCN1C(=O)C1CCOCC1. The molecular formula is C19H25NO5. The fourth-order valence-corrected chi connectivity index (χ4v) is 3.74. The van der Waals surface area contributed by atoms with E-state index < -0.39 is 5.97 Å². The van der Waals surface area contributed by atoms with E-state index in [0.717, 1.165) is 18.4 Å². The number of benzene rings is 1. The van der Waals surface area contributed by atoms with Crippen LogP contribution in [-0.2, 0) is 9.53 Å². The summed E-state index contributed by atoms with van der Waals surface area (Å²) in [6.07, 6.45) is 1.51. The monoisotopic (exact) mass is 347 g/mol. The molecule has 3 rings (SSSR count). The van der Waals surface area contributed by atoms with Crippen molar-refractivity contribution in [2.75, 3.05) is 26.4 Å². The fourth-order valence-electron chi connectivity index (χ4n) is 3.74. The zero-order chi connectivity index (χ0) is 18.0. The van der Waals surface area contributed by atoms with E-state index in [9.17, 15) is 14.7 Å². The molecule has 1 aromatic carbocycles. The molecular weight excluding hydrogens is 322 g/mol. The van der Waals surface area contributed by atoms with E-state index in [0.29, 0.717) is 32.1 Å². The number of ether oxygens (including phenoxy) is 2. The van der Waals surface area contributed by atoms with E-state index in [-0.39, 0.29) is 29.3 Å².